The quantitative estimate of drug-likeness (QED) is 0.715. The summed E-state index contributed by atoms with van der Waals surface area (Å²) in [7, 11) is 0. The molecular weight excluding hydrogens is 205 g/mol. The van der Waals surface area contributed by atoms with Gasteiger partial charge in [0.15, 0.2) is 17.5 Å². The minimum absolute atomic E-state index is 0.172. The molecule has 1 aliphatic carbocycles. The van der Waals surface area contributed by atoms with Gasteiger partial charge in [-0.3, -0.25) is 0 Å². The first-order chi connectivity index (χ1) is 7.09. The zero-order valence-corrected chi connectivity index (χ0v) is 8.01. The molecule has 0 spiro atoms. The van der Waals surface area contributed by atoms with E-state index in [9.17, 15) is 18.3 Å². The Balaban J connectivity index is 2.33. The van der Waals surface area contributed by atoms with Gasteiger partial charge in [-0.1, -0.05) is 6.07 Å². The largest absolute Gasteiger partial charge is 0.393 e. The van der Waals surface area contributed by atoms with E-state index in [1.165, 1.54) is 6.07 Å². The number of aliphatic hydroxyl groups excluding tert-OH is 1. The molecule has 0 heterocycles. The van der Waals surface area contributed by atoms with Crippen LogP contribution in [0.25, 0.3) is 0 Å². The third kappa shape index (κ3) is 1.86. The molecular formula is C11H11F3O. The minimum atomic E-state index is -1.42. The molecule has 2 rings (SSSR count). The van der Waals surface area contributed by atoms with Gasteiger partial charge in [-0.15, -0.1) is 0 Å². The van der Waals surface area contributed by atoms with Gasteiger partial charge in [0.25, 0.3) is 0 Å². The van der Waals surface area contributed by atoms with Crippen molar-refractivity contribution in [1.29, 1.82) is 0 Å². The van der Waals surface area contributed by atoms with E-state index in [0.29, 0.717) is 19.3 Å². The fourth-order valence-electron chi connectivity index (χ4n) is 2.10. The number of hydrogen-bond donors (Lipinski definition) is 1. The van der Waals surface area contributed by atoms with Crippen molar-refractivity contribution in [1.82, 2.24) is 0 Å². The average molecular weight is 216 g/mol. The molecule has 15 heavy (non-hydrogen) atoms. The molecule has 0 bridgehead atoms. The summed E-state index contributed by atoms with van der Waals surface area (Å²) < 4.78 is 38.9. The fraction of sp³-hybridized carbons (Fsp3) is 0.455. The summed E-state index contributed by atoms with van der Waals surface area (Å²) >= 11 is 0. The minimum Gasteiger partial charge on any atom is -0.393 e. The van der Waals surface area contributed by atoms with Gasteiger partial charge in [0, 0.05) is 0 Å². The van der Waals surface area contributed by atoms with Crippen molar-refractivity contribution >= 4 is 0 Å². The van der Waals surface area contributed by atoms with Crippen LogP contribution in [0.3, 0.4) is 0 Å². The molecule has 1 aliphatic rings. The summed E-state index contributed by atoms with van der Waals surface area (Å²) in [4.78, 5) is 0. The second-order valence-electron chi connectivity index (χ2n) is 3.93. The lowest BCUT2D eigenvalue weighted by Gasteiger charge is -2.11. The molecule has 4 heteroatoms. The lowest BCUT2D eigenvalue weighted by atomic mass is 9.97. The van der Waals surface area contributed by atoms with Crippen LogP contribution in [0.2, 0.25) is 0 Å². The highest BCUT2D eigenvalue weighted by atomic mass is 19.2. The summed E-state index contributed by atoms with van der Waals surface area (Å²) in [6.45, 7) is 0. The first kappa shape index (κ1) is 10.5. The normalized spacial score (nSPS) is 25.9. The Morgan fingerprint density at radius 2 is 1.80 bits per heavy atom. The predicted octanol–water partition coefficient (Wildman–Crippen LogP) is 2.73. The van der Waals surface area contributed by atoms with Crippen molar-refractivity contribution in [3.05, 3.63) is 35.1 Å². The molecule has 1 fully saturated rings. The van der Waals surface area contributed by atoms with Crippen LogP contribution in [-0.2, 0) is 0 Å². The molecule has 1 saturated carbocycles. The lowest BCUT2D eigenvalue weighted by molar-refractivity contribution is 0.181. The van der Waals surface area contributed by atoms with Gasteiger partial charge in [-0.05, 0) is 36.8 Å². The standard InChI is InChI=1S/C11H11F3O/c12-9-4-3-8(10(13)11(9)14)6-1-2-7(15)5-6/h3-4,6-7,15H,1-2,5H2. The number of halogens is 3. The molecule has 0 aromatic heterocycles. The highest BCUT2D eigenvalue weighted by Crippen LogP contribution is 2.36. The van der Waals surface area contributed by atoms with Gasteiger partial charge < -0.3 is 5.11 Å². The Hall–Kier alpha value is -1.03. The van der Waals surface area contributed by atoms with Crippen LogP contribution in [0.4, 0.5) is 13.2 Å². The van der Waals surface area contributed by atoms with Crippen molar-refractivity contribution in [2.45, 2.75) is 31.3 Å². The smallest absolute Gasteiger partial charge is 0.194 e. The molecule has 0 aliphatic heterocycles. The Kier molecular flexibility index (Phi) is 2.69. The zero-order valence-electron chi connectivity index (χ0n) is 8.01. The van der Waals surface area contributed by atoms with E-state index < -0.39 is 23.6 Å². The van der Waals surface area contributed by atoms with Gasteiger partial charge in [0.1, 0.15) is 0 Å². The molecule has 1 aromatic rings. The Bertz CT molecular complexity index is 378. The third-order valence-corrected chi connectivity index (χ3v) is 2.91. The molecule has 1 aromatic carbocycles. The van der Waals surface area contributed by atoms with Crippen LogP contribution in [0.1, 0.15) is 30.7 Å². The highest BCUT2D eigenvalue weighted by molar-refractivity contribution is 5.25. The van der Waals surface area contributed by atoms with Crippen molar-refractivity contribution in [3.8, 4) is 0 Å². The van der Waals surface area contributed by atoms with Gasteiger partial charge in [-0.25, -0.2) is 13.2 Å². The summed E-state index contributed by atoms with van der Waals surface area (Å²) in [5.41, 5.74) is 0.172. The van der Waals surface area contributed by atoms with Gasteiger partial charge in [-0.2, -0.15) is 0 Å². The second kappa shape index (κ2) is 3.85. The van der Waals surface area contributed by atoms with E-state index in [4.69, 9.17) is 0 Å². The van der Waals surface area contributed by atoms with Crippen LogP contribution >= 0.6 is 0 Å². The molecule has 0 amide bonds. The van der Waals surface area contributed by atoms with E-state index in [1.54, 1.807) is 0 Å². The Morgan fingerprint density at radius 3 is 2.40 bits per heavy atom. The maximum Gasteiger partial charge on any atom is 0.194 e. The Morgan fingerprint density at radius 1 is 1.07 bits per heavy atom. The van der Waals surface area contributed by atoms with Crippen LogP contribution in [0.15, 0.2) is 12.1 Å². The maximum atomic E-state index is 13.3. The topological polar surface area (TPSA) is 20.2 Å². The molecule has 82 valence electrons. The van der Waals surface area contributed by atoms with E-state index >= 15 is 0 Å². The lowest BCUT2D eigenvalue weighted by Crippen LogP contribution is -2.04. The number of hydrogen-bond acceptors (Lipinski definition) is 1. The summed E-state index contributed by atoms with van der Waals surface area (Å²) in [5, 5.41) is 9.29. The molecule has 0 saturated heterocycles. The number of benzene rings is 1. The first-order valence-electron chi connectivity index (χ1n) is 4.91. The van der Waals surface area contributed by atoms with Crippen LogP contribution in [0, 0.1) is 17.5 Å². The predicted molar refractivity (Wildman–Crippen MR) is 48.9 cm³/mol. The molecule has 1 nitrogen and oxygen atoms in total. The van der Waals surface area contributed by atoms with Crippen molar-refractivity contribution in [2.75, 3.05) is 0 Å². The van der Waals surface area contributed by atoms with Crippen LogP contribution in [-0.4, -0.2) is 11.2 Å². The third-order valence-electron chi connectivity index (χ3n) is 2.91. The van der Waals surface area contributed by atoms with Gasteiger partial charge >= 0.3 is 0 Å². The van der Waals surface area contributed by atoms with Gasteiger partial charge in [0.2, 0.25) is 0 Å². The Labute approximate surface area is 85.5 Å². The number of rotatable bonds is 1. The second-order valence-corrected chi connectivity index (χ2v) is 3.93. The fourth-order valence-corrected chi connectivity index (χ4v) is 2.10. The summed E-state index contributed by atoms with van der Waals surface area (Å²) in [6.07, 6.45) is 1.16. The van der Waals surface area contributed by atoms with Crippen LogP contribution < -0.4 is 0 Å². The molecule has 0 radical (unpaired) electrons. The van der Waals surface area contributed by atoms with E-state index in [2.05, 4.69) is 0 Å². The monoisotopic (exact) mass is 216 g/mol. The average Bonchev–Trinajstić information content (AvgIpc) is 2.61. The molecule has 1 N–H and O–H groups in total. The first-order valence-corrected chi connectivity index (χ1v) is 4.91. The summed E-state index contributed by atoms with van der Waals surface area (Å²) in [6, 6.07) is 2.19. The van der Waals surface area contributed by atoms with Crippen molar-refractivity contribution in [2.24, 2.45) is 0 Å². The van der Waals surface area contributed by atoms with E-state index in [0.717, 1.165) is 6.07 Å². The zero-order chi connectivity index (χ0) is 11.0. The molecule has 2 atom stereocenters. The molecule has 2 unspecified atom stereocenters. The summed E-state index contributed by atoms with van der Waals surface area (Å²) in [5.74, 6) is -3.91. The number of aliphatic hydroxyl groups is 1. The van der Waals surface area contributed by atoms with Crippen LogP contribution in [0.5, 0.6) is 0 Å². The van der Waals surface area contributed by atoms with E-state index in [-0.39, 0.29) is 11.5 Å². The van der Waals surface area contributed by atoms with Crippen molar-refractivity contribution in [3.63, 3.8) is 0 Å². The SMILES string of the molecule is OC1CCC(c2ccc(F)c(F)c2F)C1. The maximum absolute atomic E-state index is 13.3. The van der Waals surface area contributed by atoms with Gasteiger partial charge in [0.05, 0.1) is 6.10 Å². The van der Waals surface area contributed by atoms with E-state index in [1.807, 2.05) is 0 Å². The van der Waals surface area contributed by atoms with Crippen molar-refractivity contribution < 1.29 is 18.3 Å². The highest BCUT2D eigenvalue weighted by Gasteiger charge is 2.28.